The Balaban J connectivity index is 2.33. The molecule has 0 aliphatic heterocycles. The van der Waals surface area contributed by atoms with E-state index in [1.54, 1.807) is 60.7 Å². The fraction of sp³-hybridized carbons (Fsp3) is 0.414. The van der Waals surface area contributed by atoms with Crippen LogP contribution in [0.15, 0.2) is 60.7 Å². The number of hydrogen-bond donors (Lipinski definition) is 2. The molecule has 0 unspecified atom stereocenters. The highest BCUT2D eigenvalue weighted by Gasteiger charge is 2.38. The van der Waals surface area contributed by atoms with Gasteiger partial charge in [-0.05, 0) is 43.4 Å². The first-order valence-corrected chi connectivity index (χ1v) is 13.2. The normalized spacial score (nSPS) is 11.9. The average Bonchev–Trinajstić information content (AvgIpc) is 3.00. The van der Waals surface area contributed by atoms with Gasteiger partial charge in [0.25, 0.3) is 0 Å². The summed E-state index contributed by atoms with van der Waals surface area (Å²) >= 11 is 0. The second-order valence-corrected chi connectivity index (χ2v) is 8.95. The Morgan fingerprint density at radius 1 is 0.780 bits per heavy atom. The van der Waals surface area contributed by atoms with E-state index < -0.39 is 42.1 Å². The molecule has 12 nitrogen and oxygen atoms in total. The van der Waals surface area contributed by atoms with Crippen LogP contribution < -0.4 is 11.1 Å². The van der Waals surface area contributed by atoms with Crippen LogP contribution in [0.4, 0.5) is 9.59 Å². The van der Waals surface area contributed by atoms with E-state index in [2.05, 4.69) is 10.1 Å². The zero-order valence-corrected chi connectivity index (χ0v) is 23.3. The standard InChI is InChI=1S/C29H37N3O9/c1-38-25(33)17-16-23(27(35)39-2)31-26(34)24(15-9-10-18-30)32(28(36)40-19-21-11-5-3-6-12-21)29(37)41-20-22-13-7-4-8-14-22/h3-8,11-14,23-24H,9-10,15-20,30H2,1-2H3,(H,31,34)/t23-,24-/m1/s1. The number of carbonyl (C=O) groups excluding carboxylic acids is 5. The topological polar surface area (TPSA) is 164 Å². The van der Waals surface area contributed by atoms with Gasteiger partial charge in [-0.15, -0.1) is 0 Å². The number of ether oxygens (including phenoxy) is 4. The molecule has 0 fully saturated rings. The molecule has 2 atom stereocenters. The molecule has 2 aromatic rings. The predicted octanol–water partition coefficient (Wildman–Crippen LogP) is 3.07. The van der Waals surface area contributed by atoms with Crippen molar-refractivity contribution in [3.8, 4) is 0 Å². The number of nitrogens with zero attached hydrogens (tertiary/aromatic N) is 1. The predicted molar refractivity (Wildman–Crippen MR) is 147 cm³/mol. The maximum Gasteiger partial charge on any atom is 0.420 e. The minimum Gasteiger partial charge on any atom is -0.469 e. The Morgan fingerprint density at radius 3 is 1.78 bits per heavy atom. The fourth-order valence-electron chi connectivity index (χ4n) is 3.79. The molecule has 0 aliphatic carbocycles. The van der Waals surface area contributed by atoms with Crippen molar-refractivity contribution >= 4 is 30.0 Å². The van der Waals surface area contributed by atoms with Crippen molar-refractivity contribution in [2.75, 3.05) is 20.8 Å². The summed E-state index contributed by atoms with van der Waals surface area (Å²) in [4.78, 5) is 64.8. The van der Waals surface area contributed by atoms with E-state index >= 15 is 0 Å². The summed E-state index contributed by atoms with van der Waals surface area (Å²) in [6.07, 6.45) is -1.65. The number of carbonyl (C=O) groups is 5. The van der Waals surface area contributed by atoms with E-state index in [0.717, 1.165) is 7.11 Å². The highest BCUT2D eigenvalue weighted by atomic mass is 16.6. The summed E-state index contributed by atoms with van der Waals surface area (Å²) in [5.41, 5.74) is 6.95. The first kappa shape index (κ1) is 32.8. The van der Waals surface area contributed by atoms with Gasteiger partial charge in [-0.1, -0.05) is 60.7 Å². The van der Waals surface area contributed by atoms with Gasteiger partial charge in [0, 0.05) is 6.42 Å². The Hall–Kier alpha value is -4.45. The van der Waals surface area contributed by atoms with Crippen molar-refractivity contribution in [3.05, 3.63) is 71.8 Å². The van der Waals surface area contributed by atoms with E-state index in [4.69, 9.17) is 19.9 Å². The van der Waals surface area contributed by atoms with Crippen LogP contribution >= 0.6 is 0 Å². The van der Waals surface area contributed by atoms with E-state index in [9.17, 15) is 24.0 Å². The lowest BCUT2D eigenvalue weighted by Crippen LogP contribution is -2.55. The molecule has 0 radical (unpaired) electrons. The number of nitrogens with two attached hydrogens (primary N) is 1. The highest BCUT2D eigenvalue weighted by molar-refractivity contribution is 5.96. The van der Waals surface area contributed by atoms with Gasteiger partial charge in [-0.25, -0.2) is 14.4 Å². The molecule has 3 N–H and O–H groups in total. The van der Waals surface area contributed by atoms with Crippen LogP contribution in [0.2, 0.25) is 0 Å². The van der Waals surface area contributed by atoms with Gasteiger partial charge in [0.2, 0.25) is 5.91 Å². The maximum atomic E-state index is 13.6. The molecule has 0 saturated heterocycles. The van der Waals surface area contributed by atoms with E-state index in [1.807, 2.05) is 0 Å². The van der Waals surface area contributed by atoms with Gasteiger partial charge in [-0.2, -0.15) is 4.90 Å². The van der Waals surface area contributed by atoms with Crippen molar-refractivity contribution in [3.63, 3.8) is 0 Å². The Kier molecular flexibility index (Phi) is 14.4. The lowest BCUT2D eigenvalue weighted by atomic mass is 10.1. The fourth-order valence-corrected chi connectivity index (χ4v) is 3.79. The van der Waals surface area contributed by atoms with Crippen molar-refractivity contribution in [2.45, 2.75) is 57.4 Å². The molecule has 41 heavy (non-hydrogen) atoms. The van der Waals surface area contributed by atoms with Crippen molar-refractivity contribution in [1.82, 2.24) is 10.2 Å². The third-order valence-corrected chi connectivity index (χ3v) is 6.02. The summed E-state index contributed by atoms with van der Waals surface area (Å²) in [6.45, 7) is -0.0124. The zero-order chi connectivity index (χ0) is 30.0. The molecule has 2 aromatic carbocycles. The number of imide groups is 1. The summed E-state index contributed by atoms with van der Waals surface area (Å²) in [7, 11) is 2.33. The SMILES string of the molecule is COC(=O)CC[C@@H](NC(=O)[C@@H](CCCCN)N(C(=O)OCc1ccccc1)C(=O)OCc1ccccc1)C(=O)OC. The lowest BCUT2D eigenvalue weighted by Gasteiger charge is -2.29. The third-order valence-electron chi connectivity index (χ3n) is 6.02. The molecule has 222 valence electrons. The summed E-state index contributed by atoms with van der Waals surface area (Å²) in [5, 5.41) is 2.50. The van der Waals surface area contributed by atoms with Gasteiger partial charge in [0.1, 0.15) is 25.3 Å². The molecular weight excluding hydrogens is 534 g/mol. The number of esters is 2. The van der Waals surface area contributed by atoms with Gasteiger partial charge < -0.3 is 30.0 Å². The molecule has 12 heteroatoms. The number of benzene rings is 2. The smallest absolute Gasteiger partial charge is 0.420 e. The van der Waals surface area contributed by atoms with Gasteiger partial charge >= 0.3 is 24.1 Å². The minimum absolute atomic E-state index is 0.00873. The van der Waals surface area contributed by atoms with Gasteiger partial charge in [0.05, 0.1) is 14.2 Å². The molecule has 0 aliphatic rings. The van der Waals surface area contributed by atoms with Crippen LogP contribution in [0.5, 0.6) is 0 Å². The average molecular weight is 572 g/mol. The molecule has 3 amide bonds. The first-order valence-electron chi connectivity index (χ1n) is 13.2. The van der Waals surface area contributed by atoms with Gasteiger partial charge in [-0.3, -0.25) is 9.59 Å². The van der Waals surface area contributed by atoms with Gasteiger partial charge in [0.15, 0.2) is 0 Å². The minimum atomic E-state index is -1.42. The number of methoxy groups -OCH3 is 2. The summed E-state index contributed by atoms with van der Waals surface area (Å²) < 4.78 is 20.2. The molecule has 0 aromatic heterocycles. The van der Waals surface area contributed by atoms with E-state index in [-0.39, 0.29) is 32.5 Å². The van der Waals surface area contributed by atoms with E-state index in [0.29, 0.717) is 35.4 Å². The number of unbranched alkanes of at least 4 members (excludes halogenated alkanes) is 1. The highest BCUT2D eigenvalue weighted by Crippen LogP contribution is 2.17. The van der Waals surface area contributed by atoms with Crippen molar-refractivity contribution in [2.24, 2.45) is 5.73 Å². The Labute approximate surface area is 239 Å². The lowest BCUT2D eigenvalue weighted by molar-refractivity contribution is -0.147. The first-order chi connectivity index (χ1) is 19.8. The van der Waals surface area contributed by atoms with Crippen LogP contribution in [0, 0.1) is 0 Å². The third kappa shape index (κ3) is 11.3. The monoisotopic (exact) mass is 571 g/mol. The number of amides is 3. The van der Waals surface area contributed by atoms with Crippen LogP contribution in [0.1, 0.15) is 43.2 Å². The molecule has 0 heterocycles. The van der Waals surface area contributed by atoms with E-state index in [1.165, 1.54) is 7.11 Å². The van der Waals surface area contributed by atoms with Crippen LogP contribution in [0.25, 0.3) is 0 Å². The summed E-state index contributed by atoms with van der Waals surface area (Å²) in [6, 6.07) is 14.9. The van der Waals surface area contributed by atoms with Crippen molar-refractivity contribution in [1.29, 1.82) is 0 Å². The van der Waals surface area contributed by atoms with Crippen LogP contribution in [-0.4, -0.2) is 67.8 Å². The second kappa shape index (κ2) is 18.0. The maximum absolute atomic E-state index is 13.6. The van der Waals surface area contributed by atoms with Crippen LogP contribution in [0.3, 0.4) is 0 Å². The largest absolute Gasteiger partial charge is 0.469 e. The number of hydrogen-bond acceptors (Lipinski definition) is 10. The van der Waals surface area contributed by atoms with Crippen LogP contribution in [-0.2, 0) is 46.5 Å². The molecule has 2 rings (SSSR count). The summed E-state index contributed by atoms with van der Waals surface area (Å²) in [5.74, 6) is -2.24. The molecule has 0 spiro atoms. The Bertz CT molecular complexity index is 1070. The number of nitrogens with one attached hydrogen (secondary N) is 1. The molecular formula is C29H37N3O9. The molecule has 0 saturated carbocycles. The molecule has 0 bridgehead atoms. The second-order valence-electron chi connectivity index (χ2n) is 8.95. The number of rotatable bonds is 15. The Morgan fingerprint density at radius 2 is 1.32 bits per heavy atom. The van der Waals surface area contributed by atoms with Crippen molar-refractivity contribution < 1.29 is 42.9 Å². The quantitative estimate of drug-likeness (QED) is 0.184. The zero-order valence-electron chi connectivity index (χ0n) is 23.3.